The first-order chi connectivity index (χ1) is 15.8. The summed E-state index contributed by atoms with van der Waals surface area (Å²) in [6.45, 7) is 6.57. The fraction of sp³-hybridized carbons (Fsp3) is 0.400. The third-order valence-corrected chi connectivity index (χ3v) is 6.78. The number of hydrogen-bond donors (Lipinski definition) is 1. The van der Waals surface area contributed by atoms with Crippen molar-refractivity contribution in [3.05, 3.63) is 59.1 Å². The molecular weight excluding hydrogens is 422 g/mol. The summed E-state index contributed by atoms with van der Waals surface area (Å²) in [6.07, 6.45) is 2.20. The Morgan fingerprint density at radius 3 is 2.73 bits per heavy atom. The predicted octanol–water partition coefficient (Wildman–Crippen LogP) is 3.68. The molecule has 1 aromatic carbocycles. The minimum absolute atomic E-state index is 0.146. The largest absolute Gasteiger partial charge is 0.458 e. The maximum atomic E-state index is 13.3. The summed E-state index contributed by atoms with van der Waals surface area (Å²) < 4.78 is 13.7. The van der Waals surface area contributed by atoms with Gasteiger partial charge >= 0.3 is 6.03 Å². The van der Waals surface area contributed by atoms with Gasteiger partial charge < -0.3 is 19.0 Å². The van der Waals surface area contributed by atoms with E-state index in [0.717, 1.165) is 41.1 Å². The molecule has 0 spiro atoms. The molecule has 0 radical (unpaired) electrons. The Morgan fingerprint density at radius 1 is 1.21 bits per heavy atom. The van der Waals surface area contributed by atoms with E-state index >= 15 is 0 Å². The topological polar surface area (TPSA) is 93.8 Å². The Bertz CT molecular complexity index is 1230. The Kier molecular flexibility index (Phi) is 5.12. The first kappa shape index (κ1) is 21.5. The van der Waals surface area contributed by atoms with Crippen molar-refractivity contribution in [3.8, 4) is 0 Å². The Hall–Kier alpha value is -3.39. The van der Waals surface area contributed by atoms with Crippen molar-refractivity contribution in [2.24, 2.45) is 0 Å². The van der Waals surface area contributed by atoms with Gasteiger partial charge in [-0.25, -0.2) is 4.79 Å². The summed E-state index contributed by atoms with van der Waals surface area (Å²) in [5, 5.41) is 3.55. The van der Waals surface area contributed by atoms with Crippen molar-refractivity contribution in [1.29, 1.82) is 0 Å². The van der Waals surface area contributed by atoms with Crippen LogP contribution in [0.4, 0.5) is 4.79 Å². The highest BCUT2D eigenvalue weighted by atomic mass is 16.5. The summed E-state index contributed by atoms with van der Waals surface area (Å²) in [4.78, 5) is 40.1. The van der Waals surface area contributed by atoms with Crippen LogP contribution in [0.1, 0.15) is 47.3 Å². The number of ketones is 1. The van der Waals surface area contributed by atoms with Gasteiger partial charge in [0.05, 0.1) is 12.6 Å². The van der Waals surface area contributed by atoms with Crippen LogP contribution in [0.2, 0.25) is 0 Å². The molecule has 3 amide bonds. The summed E-state index contributed by atoms with van der Waals surface area (Å²) in [6, 6.07) is 10.4. The number of aromatic nitrogens is 1. The zero-order chi connectivity index (χ0) is 23.3. The molecule has 5 rings (SSSR count). The van der Waals surface area contributed by atoms with Gasteiger partial charge in [0.2, 0.25) is 0 Å². The first-order valence-corrected chi connectivity index (χ1v) is 11.2. The lowest BCUT2D eigenvalue weighted by molar-refractivity contribution is -0.131. The minimum atomic E-state index is -1.37. The second-order valence-corrected chi connectivity index (χ2v) is 9.05. The van der Waals surface area contributed by atoms with Gasteiger partial charge in [-0.1, -0.05) is 18.2 Å². The number of imide groups is 1. The van der Waals surface area contributed by atoms with Crippen LogP contribution in [-0.4, -0.2) is 46.4 Å². The second kappa shape index (κ2) is 7.88. The van der Waals surface area contributed by atoms with Gasteiger partial charge in [-0.15, -0.1) is 0 Å². The molecule has 2 fully saturated rings. The van der Waals surface area contributed by atoms with Crippen molar-refractivity contribution >= 4 is 28.7 Å². The number of para-hydroxylation sites is 1. The lowest BCUT2D eigenvalue weighted by Gasteiger charge is -2.19. The van der Waals surface area contributed by atoms with Gasteiger partial charge in [-0.2, -0.15) is 0 Å². The van der Waals surface area contributed by atoms with Crippen LogP contribution >= 0.6 is 0 Å². The fourth-order valence-corrected chi connectivity index (χ4v) is 4.82. The zero-order valence-electron chi connectivity index (χ0n) is 19.0. The van der Waals surface area contributed by atoms with Crippen molar-refractivity contribution in [3.63, 3.8) is 0 Å². The number of aryl methyl sites for hydroxylation is 1. The number of hydrogen-bond acceptors (Lipinski definition) is 5. The molecule has 2 atom stereocenters. The van der Waals surface area contributed by atoms with Crippen LogP contribution < -0.4 is 5.32 Å². The molecule has 0 bridgehead atoms. The number of urea groups is 1. The summed E-state index contributed by atoms with van der Waals surface area (Å²) in [5.41, 5.74) is 1.55. The Morgan fingerprint density at radius 2 is 2.00 bits per heavy atom. The molecule has 0 saturated carbocycles. The van der Waals surface area contributed by atoms with E-state index in [4.69, 9.17) is 9.15 Å². The van der Waals surface area contributed by atoms with Crippen molar-refractivity contribution < 1.29 is 23.5 Å². The van der Waals surface area contributed by atoms with Gasteiger partial charge in [-0.05, 0) is 51.8 Å². The molecule has 4 heterocycles. The maximum Gasteiger partial charge on any atom is 0.325 e. The lowest BCUT2D eigenvalue weighted by Crippen LogP contribution is -2.41. The molecule has 3 aromatic rings. The fourth-order valence-electron chi connectivity index (χ4n) is 4.82. The Balaban J connectivity index is 1.36. The van der Waals surface area contributed by atoms with Gasteiger partial charge in [0.25, 0.3) is 5.91 Å². The summed E-state index contributed by atoms with van der Waals surface area (Å²) >= 11 is 0. The monoisotopic (exact) mass is 449 g/mol. The number of rotatable bonds is 6. The third kappa shape index (κ3) is 3.54. The molecular formula is C25H27N3O5. The smallest absolute Gasteiger partial charge is 0.325 e. The average Bonchev–Trinajstić information content (AvgIpc) is 3.55. The molecule has 8 heteroatoms. The van der Waals surface area contributed by atoms with E-state index in [0.29, 0.717) is 23.5 Å². The summed E-state index contributed by atoms with van der Waals surface area (Å²) in [5.74, 6) is -0.446. The number of furan rings is 1. The highest BCUT2D eigenvalue weighted by Gasteiger charge is 2.51. The van der Waals surface area contributed by atoms with E-state index in [-0.39, 0.29) is 18.4 Å². The number of ether oxygens (including phenoxy) is 1. The number of nitrogens with one attached hydrogen (secondary N) is 1. The van der Waals surface area contributed by atoms with Crippen molar-refractivity contribution in [2.45, 2.75) is 51.8 Å². The zero-order valence-corrected chi connectivity index (χ0v) is 19.0. The van der Waals surface area contributed by atoms with Crippen molar-refractivity contribution in [2.75, 3.05) is 13.2 Å². The first-order valence-electron chi connectivity index (χ1n) is 11.2. The van der Waals surface area contributed by atoms with Gasteiger partial charge in [0.15, 0.2) is 11.3 Å². The number of carbonyl (C=O) groups is 3. The van der Waals surface area contributed by atoms with Crippen LogP contribution in [0, 0.1) is 13.8 Å². The number of fused-ring (bicyclic) bond motifs is 1. The van der Waals surface area contributed by atoms with Crippen LogP contribution in [0.5, 0.6) is 0 Å². The normalized spacial score (nSPS) is 23.0. The number of amides is 3. The molecule has 33 heavy (non-hydrogen) atoms. The van der Waals surface area contributed by atoms with E-state index in [9.17, 15) is 14.4 Å². The molecule has 0 aliphatic carbocycles. The molecule has 2 aliphatic rings. The van der Waals surface area contributed by atoms with E-state index in [2.05, 4.69) is 9.88 Å². The number of nitrogens with zero attached hydrogens (tertiary/aromatic N) is 2. The van der Waals surface area contributed by atoms with Gasteiger partial charge in [-0.3, -0.25) is 14.5 Å². The van der Waals surface area contributed by atoms with E-state index < -0.39 is 17.5 Å². The SMILES string of the molecule is Cc1cc(C(=O)CN2C(=O)N[C@](C)(c3cc4ccccc4o3)C2=O)c(C)n1C[C@@H]1CCCO1. The quantitative estimate of drug-likeness (QED) is 0.458. The molecule has 0 unspecified atom stereocenters. The second-order valence-electron chi connectivity index (χ2n) is 9.05. The van der Waals surface area contributed by atoms with Gasteiger partial charge in [0, 0.05) is 35.5 Å². The van der Waals surface area contributed by atoms with Crippen LogP contribution in [0.15, 0.2) is 40.8 Å². The van der Waals surface area contributed by atoms with E-state index in [1.54, 1.807) is 19.1 Å². The van der Waals surface area contributed by atoms with E-state index in [1.165, 1.54) is 0 Å². The van der Waals surface area contributed by atoms with Crippen LogP contribution in [0.25, 0.3) is 11.0 Å². The lowest BCUT2D eigenvalue weighted by atomic mass is 9.98. The standard InChI is InChI=1S/C25H27N3O5/c1-15-11-19(16(2)27(15)13-18-8-6-10-32-18)20(29)14-28-23(30)25(3,26-24(28)31)22-12-17-7-4-5-9-21(17)33-22/h4-5,7,9,11-12,18H,6,8,10,13-14H2,1-3H3,(H,26,31)/t18-,25+/m0/s1. The third-order valence-electron chi connectivity index (χ3n) is 6.78. The molecule has 1 N–H and O–H groups in total. The molecule has 172 valence electrons. The maximum absolute atomic E-state index is 13.3. The van der Waals surface area contributed by atoms with Crippen molar-refractivity contribution in [1.82, 2.24) is 14.8 Å². The number of benzene rings is 1. The average molecular weight is 450 g/mol. The highest BCUT2D eigenvalue weighted by Crippen LogP contribution is 2.33. The molecule has 2 aliphatic heterocycles. The van der Waals surface area contributed by atoms with E-state index in [1.807, 2.05) is 38.1 Å². The minimum Gasteiger partial charge on any atom is -0.458 e. The Labute approximate surface area is 191 Å². The molecule has 2 saturated heterocycles. The van der Waals surface area contributed by atoms with Crippen LogP contribution in [0.3, 0.4) is 0 Å². The summed E-state index contributed by atoms with van der Waals surface area (Å²) in [7, 11) is 0. The van der Waals surface area contributed by atoms with Crippen LogP contribution in [-0.2, 0) is 21.6 Å². The molecule has 8 nitrogen and oxygen atoms in total. The number of Topliss-reactive ketones (excluding diaryl/α,β-unsaturated/α-hetero) is 1. The number of carbonyl (C=O) groups excluding carboxylic acids is 3. The predicted molar refractivity (Wildman–Crippen MR) is 121 cm³/mol. The molecule has 2 aromatic heterocycles. The van der Waals surface area contributed by atoms with Gasteiger partial charge in [0.1, 0.15) is 11.3 Å². The highest BCUT2D eigenvalue weighted by molar-refractivity contribution is 6.11.